The quantitative estimate of drug-likeness (QED) is 0.488. The molecule has 0 fully saturated rings. The highest BCUT2D eigenvalue weighted by atomic mass is 35.5. The monoisotopic (exact) mass is 370 g/mol. The van der Waals surface area contributed by atoms with Gasteiger partial charge in [0.25, 0.3) is 0 Å². The molecule has 0 aliphatic heterocycles. The van der Waals surface area contributed by atoms with Gasteiger partial charge in [0.1, 0.15) is 0 Å². The Morgan fingerprint density at radius 1 is 1.00 bits per heavy atom. The second-order valence-corrected chi connectivity index (χ2v) is 8.31. The lowest BCUT2D eigenvalue weighted by Gasteiger charge is -2.35. The van der Waals surface area contributed by atoms with Crippen molar-refractivity contribution in [1.82, 2.24) is 0 Å². The van der Waals surface area contributed by atoms with E-state index >= 15 is 0 Å². The summed E-state index contributed by atoms with van der Waals surface area (Å²) in [6, 6.07) is 0. The summed E-state index contributed by atoms with van der Waals surface area (Å²) in [5.41, 5.74) is 1.17. The predicted octanol–water partition coefficient (Wildman–Crippen LogP) is 5.55. The molecule has 94 valence electrons. The highest BCUT2D eigenvalue weighted by Gasteiger charge is 2.64. The van der Waals surface area contributed by atoms with Crippen LogP contribution in [0.25, 0.3) is 0 Å². The summed E-state index contributed by atoms with van der Waals surface area (Å²) in [4.78, 5) is 0. The first-order chi connectivity index (χ1) is 7.54. The van der Waals surface area contributed by atoms with Crippen molar-refractivity contribution in [3.63, 3.8) is 0 Å². The van der Waals surface area contributed by atoms with E-state index in [1.807, 2.05) is 0 Å². The molecule has 0 aromatic carbocycles. The molecule has 7 heteroatoms. The van der Waals surface area contributed by atoms with Gasteiger partial charge in [-0.25, -0.2) is 0 Å². The van der Waals surface area contributed by atoms with Crippen LogP contribution in [-0.4, -0.2) is 18.4 Å². The first-order valence-corrected chi connectivity index (χ1v) is 7.15. The van der Waals surface area contributed by atoms with Gasteiger partial charge in [-0.3, -0.25) is 0 Å². The topological polar surface area (TPSA) is 0 Å². The third-order valence-electron chi connectivity index (χ3n) is 2.79. The lowest BCUT2D eigenvalue weighted by molar-refractivity contribution is 0.785. The number of halogens is 7. The van der Waals surface area contributed by atoms with Crippen molar-refractivity contribution in [2.75, 3.05) is 0 Å². The van der Waals surface area contributed by atoms with Crippen LogP contribution in [-0.2, 0) is 0 Å². The van der Waals surface area contributed by atoms with Crippen molar-refractivity contribution in [3.05, 3.63) is 35.5 Å². The molecule has 1 unspecified atom stereocenters. The van der Waals surface area contributed by atoms with E-state index in [1.54, 1.807) is 12.2 Å². The number of alkyl halides is 7. The summed E-state index contributed by atoms with van der Waals surface area (Å²) >= 11 is 43.1. The zero-order valence-corrected chi connectivity index (χ0v) is 13.4. The molecule has 0 radical (unpaired) electrons. The van der Waals surface area contributed by atoms with Crippen molar-refractivity contribution < 1.29 is 0 Å². The smallest absolute Gasteiger partial charge is 0.115 e. The largest absolute Gasteiger partial charge is 0.179 e. The first-order valence-electron chi connectivity index (χ1n) is 4.45. The van der Waals surface area contributed by atoms with Gasteiger partial charge in [-0.05, 0) is 11.1 Å². The van der Waals surface area contributed by atoms with E-state index in [1.165, 1.54) is 0 Å². The van der Waals surface area contributed by atoms with Crippen molar-refractivity contribution in [3.8, 4) is 0 Å². The number of hydrogen-bond acceptors (Lipinski definition) is 0. The van der Waals surface area contributed by atoms with Gasteiger partial charge >= 0.3 is 0 Å². The van der Waals surface area contributed by atoms with Crippen LogP contribution in [0.4, 0.5) is 0 Å². The molecule has 2 rings (SSSR count). The van der Waals surface area contributed by atoms with Gasteiger partial charge in [-0.1, -0.05) is 88.3 Å². The minimum absolute atomic E-state index is 0.272. The Hall–Kier alpha value is 1.25. The van der Waals surface area contributed by atoms with Crippen LogP contribution >= 0.6 is 81.2 Å². The minimum Gasteiger partial charge on any atom is -0.115 e. The molecule has 2 aliphatic rings. The van der Waals surface area contributed by atoms with Gasteiger partial charge < -0.3 is 0 Å². The summed E-state index contributed by atoms with van der Waals surface area (Å²) in [6.07, 6.45) is 3.29. The summed E-state index contributed by atoms with van der Waals surface area (Å²) in [5.74, 6) is 0. The van der Waals surface area contributed by atoms with E-state index in [4.69, 9.17) is 81.2 Å². The van der Waals surface area contributed by atoms with Crippen molar-refractivity contribution >= 4 is 81.2 Å². The summed E-state index contributed by atoms with van der Waals surface area (Å²) in [6.45, 7) is 3.78. The molecule has 0 saturated heterocycles. The minimum atomic E-state index is -1.68. The summed E-state index contributed by atoms with van der Waals surface area (Å²) in [7, 11) is 0. The van der Waals surface area contributed by atoms with Crippen molar-refractivity contribution in [2.45, 2.75) is 18.4 Å². The number of hydrogen-bond donors (Lipinski definition) is 0. The normalized spacial score (nSPS) is 32.9. The molecule has 0 spiro atoms. The fourth-order valence-electron chi connectivity index (χ4n) is 1.85. The van der Waals surface area contributed by atoms with Crippen molar-refractivity contribution in [2.24, 2.45) is 0 Å². The Balaban J connectivity index is 2.71. The number of allylic oxidation sites excluding steroid dienone is 5. The van der Waals surface area contributed by atoms with Crippen LogP contribution in [0.3, 0.4) is 0 Å². The van der Waals surface area contributed by atoms with Crippen LogP contribution in [0.2, 0.25) is 0 Å². The van der Waals surface area contributed by atoms with Crippen LogP contribution < -0.4 is 0 Å². The van der Waals surface area contributed by atoms with Gasteiger partial charge in [0, 0.05) is 5.57 Å². The van der Waals surface area contributed by atoms with Gasteiger partial charge in [0.15, 0.2) is 13.0 Å². The molecule has 1 atom stereocenters. The summed E-state index contributed by atoms with van der Waals surface area (Å²) in [5, 5.41) is -0.684. The molecule has 0 N–H and O–H groups in total. The van der Waals surface area contributed by atoms with Crippen LogP contribution in [0, 0.1) is 0 Å². The molecule has 0 aromatic rings. The molecule has 0 saturated carbocycles. The van der Waals surface area contributed by atoms with Gasteiger partial charge in [-0.15, -0.1) is 11.6 Å². The highest BCUT2D eigenvalue weighted by Crippen LogP contribution is 2.65. The second-order valence-electron chi connectivity index (χ2n) is 3.80. The van der Waals surface area contributed by atoms with E-state index in [0.717, 1.165) is 0 Å². The molecular formula is C10H5Cl7. The molecule has 0 heterocycles. The average molecular weight is 373 g/mol. The van der Waals surface area contributed by atoms with Gasteiger partial charge in [0.2, 0.25) is 0 Å². The Bertz CT molecular complexity index is 455. The van der Waals surface area contributed by atoms with E-state index in [9.17, 15) is 0 Å². The number of rotatable bonds is 0. The van der Waals surface area contributed by atoms with E-state index in [2.05, 4.69) is 6.58 Å². The Kier molecular flexibility index (Phi) is 3.55. The molecule has 0 bridgehead atoms. The van der Waals surface area contributed by atoms with E-state index < -0.39 is 18.4 Å². The van der Waals surface area contributed by atoms with E-state index in [-0.39, 0.29) is 5.57 Å². The summed E-state index contributed by atoms with van der Waals surface area (Å²) < 4.78 is -4.76. The maximum atomic E-state index is 6.20. The van der Waals surface area contributed by atoms with E-state index in [0.29, 0.717) is 11.1 Å². The first kappa shape index (κ1) is 14.7. The molecule has 2 aliphatic carbocycles. The highest BCUT2D eigenvalue weighted by molar-refractivity contribution is 6.68. The fourth-order valence-corrected chi connectivity index (χ4v) is 3.98. The zero-order valence-electron chi connectivity index (χ0n) is 8.08. The second kappa shape index (κ2) is 4.12. The standard InChI is InChI=1S/C10H5Cl7/c1-4-5-2-3-6(11)8(12,13)7(5)10(16,17)9(4,14)15/h2-3,6H,1H2. The Morgan fingerprint density at radius 2 is 1.53 bits per heavy atom. The van der Waals surface area contributed by atoms with Gasteiger partial charge in [0.05, 0.1) is 5.38 Å². The molecule has 17 heavy (non-hydrogen) atoms. The molecule has 0 amide bonds. The van der Waals surface area contributed by atoms with Crippen molar-refractivity contribution in [1.29, 1.82) is 0 Å². The Labute approximate surface area is 134 Å². The SMILES string of the molecule is C=C1C2=C(C(Cl)(Cl)C(Cl)C=C2)C(Cl)(Cl)C1(Cl)Cl. The third-order valence-corrected chi connectivity index (χ3v) is 6.69. The maximum Gasteiger partial charge on any atom is 0.179 e. The fraction of sp³-hybridized carbons (Fsp3) is 0.400. The molecule has 0 nitrogen and oxygen atoms in total. The molecule has 0 aromatic heterocycles. The van der Waals surface area contributed by atoms with Crippen LogP contribution in [0.5, 0.6) is 0 Å². The van der Waals surface area contributed by atoms with Crippen LogP contribution in [0.1, 0.15) is 0 Å². The maximum absolute atomic E-state index is 6.20. The predicted molar refractivity (Wildman–Crippen MR) is 78.3 cm³/mol. The average Bonchev–Trinajstić information content (AvgIpc) is 2.32. The van der Waals surface area contributed by atoms with Gasteiger partial charge in [-0.2, -0.15) is 0 Å². The lowest BCUT2D eigenvalue weighted by Crippen LogP contribution is -2.42. The van der Waals surface area contributed by atoms with Crippen LogP contribution in [0.15, 0.2) is 35.5 Å². The molecular weight excluding hydrogens is 368 g/mol. The zero-order chi connectivity index (χ0) is 13.2. The Morgan fingerprint density at radius 3 is 2.06 bits per heavy atom. The third kappa shape index (κ3) is 1.80. The lowest BCUT2D eigenvalue weighted by atomic mass is 9.97.